The summed E-state index contributed by atoms with van der Waals surface area (Å²) < 4.78 is 19.1. The Bertz CT molecular complexity index is 1440. The Morgan fingerprint density at radius 1 is 0.791 bits per heavy atom. The molecule has 0 atom stereocenters. The second-order valence-electron chi connectivity index (χ2n) is 11.3. The molecular formula is C37H44N2O4. The quantitative estimate of drug-likeness (QED) is 0.157. The fourth-order valence-electron chi connectivity index (χ4n) is 6.06. The molecule has 1 aromatic heterocycles. The van der Waals surface area contributed by atoms with Crippen molar-refractivity contribution in [3.8, 4) is 33.9 Å². The van der Waals surface area contributed by atoms with E-state index in [2.05, 4.69) is 41.8 Å². The summed E-state index contributed by atoms with van der Waals surface area (Å²) in [7, 11) is 3.41. The molecule has 5 rings (SSSR count). The van der Waals surface area contributed by atoms with E-state index in [0.717, 1.165) is 42.9 Å². The number of ether oxygens (including phenoxy) is 3. The number of hydrogen-bond donors (Lipinski definition) is 0. The summed E-state index contributed by atoms with van der Waals surface area (Å²) in [6.45, 7) is 4.90. The number of methoxy groups -OCH3 is 2. The van der Waals surface area contributed by atoms with E-state index in [0.29, 0.717) is 25.6 Å². The van der Waals surface area contributed by atoms with Crippen LogP contribution in [0.2, 0.25) is 0 Å². The highest BCUT2D eigenvalue weighted by Gasteiger charge is 2.29. The second kappa shape index (κ2) is 14.8. The van der Waals surface area contributed by atoms with Gasteiger partial charge in [0.1, 0.15) is 18.1 Å². The smallest absolute Gasteiger partial charge is 0.410 e. The van der Waals surface area contributed by atoms with E-state index in [4.69, 9.17) is 14.2 Å². The largest absolute Gasteiger partial charge is 0.497 e. The summed E-state index contributed by atoms with van der Waals surface area (Å²) in [5, 5.41) is 0. The first-order valence-electron chi connectivity index (χ1n) is 15.6. The maximum atomic E-state index is 12.9. The summed E-state index contributed by atoms with van der Waals surface area (Å²) in [4.78, 5) is 14.8. The van der Waals surface area contributed by atoms with Gasteiger partial charge in [-0.05, 0) is 78.4 Å². The fraction of sp³-hybridized carbons (Fsp3) is 0.378. The van der Waals surface area contributed by atoms with Crippen molar-refractivity contribution < 1.29 is 19.0 Å². The molecule has 1 amide bonds. The zero-order chi connectivity index (χ0) is 30.0. The van der Waals surface area contributed by atoms with Crippen molar-refractivity contribution in [2.75, 3.05) is 27.3 Å². The number of benzene rings is 3. The number of hydrogen-bond acceptors (Lipinski definition) is 4. The lowest BCUT2D eigenvalue weighted by Crippen LogP contribution is -2.38. The average molecular weight is 581 g/mol. The fourth-order valence-corrected chi connectivity index (χ4v) is 6.06. The van der Waals surface area contributed by atoms with Crippen LogP contribution in [0.1, 0.15) is 62.6 Å². The van der Waals surface area contributed by atoms with Gasteiger partial charge in [0.15, 0.2) is 0 Å². The van der Waals surface area contributed by atoms with Gasteiger partial charge in [0.05, 0.1) is 19.9 Å². The summed E-state index contributed by atoms with van der Waals surface area (Å²) in [6, 6.07) is 29.0. The summed E-state index contributed by atoms with van der Waals surface area (Å²) >= 11 is 0. The molecule has 0 spiro atoms. The van der Waals surface area contributed by atoms with Crippen molar-refractivity contribution in [2.45, 2.75) is 64.5 Å². The van der Waals surface area contributed by atoms with E-state index in [1.54, 1.807) is 14.2 Å². The Balaban J connectivity index is 1.43. The van der Waals surface area contributed by atoms with Crippen LogP contribution in [-0.2, 0) is 17.9 Å². The Morgan fingerprint density at radius 2 is 1.42 bits per heavy atom. The van der Waals surface area contributed by atoms with Crippen molar-refractivity contribution >= 4 is 6.09 Å². The van der Waals surface area contributed by atoms with Crippen LogP contribution in [0.25, 0.3) is 22.4 Å². The highest BCUT2D eigenvalue weighted by molar-refractivity contribution is 5.83. The van der Waals surface area contributed by atoms with E-state index in [1.165, 1.54) is 47.3 Å². The Kier molecular flexibility index (Phi) is 10.4. The van der Waals surface area contributed by atoms with Gasteiger partial charge in [0.2, 0.25) is 0 Å². The van der Waals surface area contributed by atoms with Crippen LogP contribution in [0.15, 0.2) is 84.9 Å². The molecular weight excluding hydrogens is 536 g/mol. The van der Waals surface area contributed by atoms with E-state index < -0.39 is 0 Å². The van der Waals surface area contributed by atoms with E-state index >= 15 is 0 Å². The molecule has 43 heavy (non-hydrogen) atoms. The number of nitrogens with zero attached hydrogens (tertiary/aromatic N) is 2. The third-order valence-corrected chi connectivity index (χ3v) is 8.51. The van der Waals surface area contributed by atoms with Crippen LogP contribution in [-0.4, -0.2) is 42.9 Å². The monoisotopic (exact) mass is 580 g/mol. The predicted molar refractivity (Wildman–Crippen MR) is 173 cm³/mol. The number of aromatic nitrogens is 1. The number of rotatable bonds is 12. The van der Waals surface area contributed by atoms with Gasteiger partial charge < -0.3 is 23.7 Å². The first kappa shape index (κ1) is 30.3. The van der Waals surface area contributed by atoms with E-state index in [1.807, 2.05) is 59.5 Å². The van der Waals surface area contributed by atoms with Crippen molar-refractivity contribution in [1.82, 2.24) is 9.47 Å². The van der Waals surface area contributed by atoms with E-state index in [-0.39, 0.29) is 6.09 Å². The molecule has 1 aliphatic heterocycles. The van der Waals surface area contributed by atoms with Gasteiger partial charge >= 0.3 is 6.09 Å². The molecule has 6 heteroatoms. The summed E-state index contributed by atoms with van der Waals surface area (Å²) in [5.74, 6) is 2.05. The van der Waals surface area contributed by atoms with Crippen LogP contribution in [0.3, 0.4) is 0 Å². The predicted octanol–water partition coefficient (Wildman–Crippen LogP) is 8.94. The Morgan fingerprint density at radius 3 is 2.02 bits per heavy atom. The molecule has 2 heterocycles. The van der Waals surface area contributed by atoms with Crippen LogP contribution in [0.4, 0.5) is 4.79 Å². The molecule has 0 aliphatic carbocycles. The van der Waals surface area contributed by atoms with Crippen LogP contribution in [0, 0.1) is 0 Å². The van der Waals surface area contributed by atoms with Gasteiger partial charge in [0.25, 0.3) is 0 Å². The minimum Gasteiger partial charge on any atom is -0.497 e. The minimum absolute atomic E-state index is 0.227. The average Bonchev–Trinajstić information content (AvgIpc) is 3.45. The van der Waals surface area contributed by atoms with Crippen molar-refractivity contribution in [3.05, 3.63) is 96.2 Å². The number of unbranched alkanes of at least 4 members (excludes halogenated alkanes) is 3. The lowest BCUT2D eigenvalue weighted by atomic mass is 9.92. The third-order valence-electron chi connectivity index (χ3n) is 8.51. The molecule has 0 radical (unpaired) electrons. The van der Waals surface area contributed by atoms with Crippen LogP contribution < -0.4 is 9.47 Å². The molecule has 0 N–H and O–H groups in total. The van der Waals surface area contributed by atoms with E-state index in [9.17, 15) is 4.79 Å². The third kappa shape index (κ3) is 7.42. The molecule has 0 bridgehead atoms. The zero-order valence-electron chi connectivity index (χ0n) is 25.8. The highest BCUT2D eigenvalue weighted by Crippen LogP contribution is 2.41. The highest BCUT2D eigenvalue weighted by atomic mass is 16.6. The summed E-state index contributed by atoms with van der Waals surface area (Å²) in [5.41, 5.74) is 7.17. The normalized spacial score (nSPS) is 13.6. The lowest BCUT2D eigenvalue weighted by molar-refractivity contribution is 0.0866. The standard InChI is InChI=1S/C37H44N2O4/c1-4-5-6-10-23-39-35(30-21-24-38(25-22-30)37(40)43-27-28-11-8-7-9-12-28)26-34(29-13-17-32(41-2)18-14-29)36(39)31-15-19-33(42-3)20-16-31/h7-9,11-20,26,30H,4-6,10,21-25,27H2,1-3H3. The van der Waals surface area contributed by atoms with Gasteiger partial charge in [-0.1, -0.05) is 68.7 Å². The number of amides is 1. The number of likely N-dealkylation sites (tertiary alicyclic amines) is 1. The number of carbonyl (C=O) groups excluding carboxylic acids is 1. The maximum absolute atomic E-state index is 12.9. The lowest BCUT2D eigenvalue weighted by Gasteiger charge is -2.32. The molecule has 1 fully saturated rings. The minimum atomic E-state index is -0.227. The van der Waals surface area contributed by atoms with Crippen LogP contribution >= 0.6 is 0 Å². The van der Waals surface area contributed by atoms with Crippen molar-refractivity contribution in [1.29, 1.82) is 0 Å². The van der Waals surface area contributed by atoms with Crippen molar-refractivity contribution in [3.63, 3.8) is 0 Å². The van der Waals surface area contributed by atoms with Gasteiger partial charge in [-0.2, -0.15) is 0 Å². The number of piperidine rings is 1. The molecule has 4 aromatic rings. The Labute approximate surface area is 256 Å². The summed E-state index contributed by atoms with van der Waals surface area (Å²) in [6.07, 6.45) is 6.37. The molecule has 0 unspecified atom stereocenters. The van der Waals surface area contributed by atoms with Gasteiger partial charge in [-0.3, -0.25) is 0 Å². The first-order chi connectivity index (χ1) is 21.1. The molecule has 6 nitrogen and oxygen atoms in total. The van der Waals surface area contributed by atoms with Gasteiger partial charge in [0, 0.05) is 36.8 Å². The zero-order valence-corrected chi connectivity index (χ0v) is 25.8. The molecule has 1 saturated heterocycles. The van der Waals surface area contributed by atoms with Crippen molar-refractivity contribution in [2.24, 2.45) is 0 Å². The second-order valence-corrected chi connectivity index (χ2v) is 11.3. The number of carbonyl (C=O) groups is 1. The Hall–Kier alpha value is -4.19. The molecule has 3 aromatic carbocycles. The molecule has 0 saturated carbocycles. The topological polar surface area (TPSA) is 52.9 Å². The van der Waals surface area contributed by atoms with Crippen LogP contribution in [0.5, 0.6) is 11.5 Å². The molecule has 226 valence electrons. The first-order valence-corrected chi connectivity index (χ1v) is 15.6. The maximum Gasteiger partial charge on any atom is 0.410 e. The van der Waals surface area contributed by atoms with Gasteiger partial charge in [-0.25, -0.2) is 4.79 Å². The van der Waals surface area contributed by atoms with Gasteiger partial charge in [-0.15, -0.1) is 0 Å². The molecule has 1 aliphatic rings. The SMILES string of the molecule is CCCCCCn1c(C2CCN(C(=O)OCc3ccccc3)CC2)cc(-c2ccc(OC)cc2)c1-c1ccc(OC)cc1.